The molecule has 1 saturated heterocycles. The molecule has 106 valence electrons. The normalized spacial score (nSPS) is 46.2. The average molecular weight is 271 g/mol. The number of nitriles is 1. The third-order valence-electron chi connectivity index (χ3n) is 3.43. The van der Waals surface area contributed by atoms with E-state index in [-0.39, 0.29) is 0 Å². The fourth-order valence-electron chi connectivity index (χ4n) is 2.24. The summed E-state index contributed by atoms with van der Waals surface area (Å²) in [6.07, 6.45) is -2.28. The molecule has 7 nitrogen and oxygen atoms in total. The highest BCUT2D eigenvalue weighted by molar-refractivity contribution is 5.21. The zero-order chi connectivity index (χ0) is 14.0. The summed E-state index contributed by atoms with van der Waals surface area (Å²) in [7, 11) is 0. The summed E-state index contributed by atoms with van der Waals surface area (Å²) in [5.74, 6) is 0. The van der Waals surface area contributed by atoms with Gasteiger partial charge in [-0.25, -0.2) is 0 Å². The Morgan fingerprint density at radius 2 is 2.05 bits per heavy atom. The van der Waals surface area contributed by atoms with Gasteiger partial charge in [-0.05, 0) is 18.9 Å². The highest BCUT2D eigenvalue weighted by Gasteiger charge is 2.47. The van der Waals surface area contributed by atoms with Crippen LogP contribution in [-0.2, 0) is 9.47 Å². The monoisotopic (exact) mass is 271 g/mol. The SMILES string of the molecule is N#C[C@]1(O[C@@H]2O[C@H](CO)[C@H](O)[C@H](O)[C@H]2O)C=CCC1. The van der Waals surface area contributed by atoms with E-state index in [0.717, 1.165) is 0 Å². The second-order valence-electron chi connectivity index (χ2n) is 4.76. The lowest BCUT2D eigenvalue weighted by atomic mass is 9.98. The van der Waals surface area contributed by atoms with Crippen LogP contribution >= 0.6 is 0 Å². The van der Waals surface area contributed by atoms with Crippen molar-refractivity contribution < 1.29 is 29.9 Å². The molecule has 6 atom stereocenters. The van der Waals surface area contributed by atoms with Crippen molar-refractivity contribution in [3.05, 3.63) is 12.2 Å². The van der Waals surface area contributed by atoms with Crippen LogP contribution in [0.25, 0.3) is 0 Å². The van der Waals surface area contributed by atoms with Crippen LogP contribution in [-0.4, -0.2) is 63.3 Å². The molecular formula is C12H17NO6. The van der Waals surface area contributed by atoms with Gasteiger partial charge in [0.15, 0.2) is 11.9 Å². The molecule has 0 bridgehead atoms. The van der Waals surface area contributed by atoms with Crippen LogP contribution < -0.4 is 0 Å². The standard InChI is InChI=1S/C12H17NO6/c13-6-12(3-1-2-4-12)19-11-10(17)9(16)8(15)7(5-14)18-11/h1,3,7-11,14-17H,2,4-5H2/t7-,8+,9+,10-,11+,12+/m1/s1. The maximum atomic E-state index is 9.82. The molecule has 0 aromatic rings. The minimum Gasteiger partial charge on any atom is -0.394 e. The van der Waals surface area contributed by atoms with Gasteiger partial charge >= 0.3 is 0 Å². The molecule has 1 fully saturated rings. The predicted molar refractivity (Wildman–Crippen MR) is 61.6 cm³/mol. The van der Waals surface area contributed by atoms with Crippen LogP contribution in [0.15, 0.2) is 12.2 Å². The molecule has 0 spiro atoms. The number of aliphatic hydroxyl groups is 4. The van der Waals surface area contributed by atoms with Gasteiger partial charge in [-0.3, -0.25) is 0 Å². The molecule has 7 heteroatoms. The number of aliphatic hydroxyl groups excluding tert-OH is 4. The van der Waals surface area contributed by atoms with Crippen LogP contribution in [0.3, 0.4) is 0 Å². The van der Waals surface area contributed by atoms with Crippen LogP contribution in [0.5, 0.6) is 0 Å². The van der Waals surface area contributed by atoms with E-state index < -0.39 is 42.9 Å². The molecule has 4 N–H and O–H groups in total. The van der Waals surface area contributed by atoms with Gasteiger partial charge in [-0.2, -0.15) is 5.26 Å². The topological polar surface area (TPSA) is 123 Å². The molecule has 0 aromatic carbocycles. The number of ether oxygens (including phenoxy) is 2. The number of hydrogen-bond acceptors (Lipinski definition) is 7. The minimum atomic E-state index is -1.50. The molecule has 19 heavy (non-hydrogen) atoms. The van der Waals surface area contributed by atoms with Gasteiger partial charge in [0.1, 0.15) is 30.5 Å². The lowest BCUT2D eigenvalue weighted by Crippen LogP contribution is -2.60. The van der Waals surface area contributed by atoms with Crippen LogP contribution in [0.4, 0.5) is 0 Å². The Morgan fingerprint density at radius 3 is 2.58 bits per heavy atom. The average Bonchev–Trinajstić information content (AvgIpc) is 2.89. The molecule has 1 heterocycles. The lowest BCUT2D eigenvalue weighted by molar-refractivity contribution is -0.315. The molecule has 2 rings (SSSR count). The molecule has 0 radical (unpaired) electrons. The van der Waals surface area contributed by atoms with Gasteiger partial charge in [-0.1, -0.05) is 6.08 Å². The van der Waals surface area contributed by atoms with Crippen molar-refractivity contribution in [3.63, 3.8) is 0 Å². The van der Waals surface area contributed by atoms with E-state index in [0.29, 0.717) is 12.8 Å². The van der Waals surface area contributed by atoms with E-state index in [9.17, 15) is 15.3 Å². The van der Waals surface area contributed by atoms with Crippen molar-refractivity contribution >= 4 is 0 Å². The Balaban J connectivity index is 2.11. The maximum absolute atomic E-state index is 9.82. The van der Waals surface area contributed by atoms with E-state index in [2.05, 4.69) is 0 Å². The summed E-state index contributed by atoms with van der Waals surface area (Å²) < 4.78 is 10.7. The van der Waals surface area contributed by atoms with Crippen molar-refractivity contribution in [2.45, 2.75) is 49.1 Å². The van der Waals surface area contributed by atoms with E-state index >= 15 is 0 Å². The minimum absolute atomic E-state index is 0.429. The molecule has 2 aliphatic rings. The number of nitrogens with zero attached hydrogens (tertiary/aromatic N) is 1. The lowest BCUT2D eigenvalue weighted by Gasteiger charge is -2.41. The molecule has 0 unspecified atom stereocenters. The maximum Gasteiger partial charge on any atom is 0.189 e. The Bertz CT molecular complexity index is 392. The summed E-state index contributed by atoms with van der Waals surface area (Å²) >= 11 is 0. The Morgan fingerprint density at radius 1 is 1.32 bits per heavy atom. The van der Waals surface area contributed by atoms with Crippen LogP contribution in [0.1, 0.15) is 12.8 Å². The number of rotatable bonds is 3. The van der Waals surface area contributed by atoms with Crippen LogP contribution in [0, 0.1) is 11.3 Å². The predicted octanol–water partition coefficient (Wildman–Crippen LogP) is -1.58. The van der Waals surface area contributed by atoms with E-state index in [1.54, 1.807) is 12.2 Å². The van der Waals surface area contributed by atoms with Gasteiger partial charge < -0.3 is 29.9 Å². The summed E-state index contributed by atoms with van der Waals surface area (Å²) in [4.78, 5) is 0. The molecule has 0 amide bonds. The Hall–Kier alpha value is -1.01. The second kappa shape index (κ2) is 5.54. The van der Waals surface area contributed by atoms with Crippen LogP contribution in [0.2, 0.25) is 0 Å². The second-order valence-corrected chi connectivity index (χ2v) is 4.76. The van der Waals surface area contributed by atoms with Crippen molar-refractivity contribution in [2.75, 3.05) is 6.61 Å². The summed E-state index contributed by atoms with van der Waals surface area (Å²) in [6, 6.07) is 2.00. The first kappa shape index (κ1) is 14.4. The summed E-state index contributed by atoms with van der Waals surface area (Å²) in [6.45, 7) is -0.528. The zero-order valence-corrected chi connectivity index (χ0v) is 10.2. The summed E-state index contributed by atoms with van der Waals surface area (Å²) in [5.41, 5.74) is -1.20. The van der Waals surface area contributed by atoms with Gasteiger partial charge in [0, 0.05) is 0 Å². The van der Waals surface area contributed by atoms with Crippen molar-refractivity contribution in [3.8, 4) is 6.07 Å². The first-order valence-electron chi connectivity index (χ1n) is 6.10. The first-order valence-corrected chi connectivity index (χ1v) is 6.10. The van der Waals surface area contributed by atoms with Crippen molar-refractivity contribution in [1.82, 2.24) is 0 Å². The summed E-state index contributed by atoms with van der Waals surface area (Å²) in [5, 5.41) is 47.3. The highest BCUT2D eigenvalue weighted by atomic mass is 16.7. The quantitative estimate of drug-likeness (QED) is 0.456. The number of allylic oxidation sites excluding steroid dienone is 1. The van der Waals surface area contributed by atoms with E-state index in [4.69, 9.17) is 19.8 Å². The highest BCUT2D eigenvalue weighted by Crippen LogP contribution is 2.31. The molecular weight excluding hydrogens is 254 g/mol. The molecule has 1 aliphatic carbocycles. The van der Waals surface area contributed by atoms with Gasteiger partial charge in [0.25, 0.3) is 0 Å². The van der Waals surface area contributed by atoms with Crippen molar-refractivity contribution in [1.29, 1.82) is 5.26 Å². The van der Waals surface area contributed by atoms with Crippen molar-refractivity contribution in [2.24, 2.45) is 0 Å². The van der Waals surface area contributed by atoms with Gasteiger partial charge in [-0.15, -0.1) is 0 Å². The third kappa shape index (κ3) is 2.65. The van der Waals surface area contributed by atoms with Gasteiger partial charge in [0.05, 0.1) is 6.61 Å². The molecule has 0 aromatic heterocycles. The first-order chi connectivity index (χ1) is 9.03. The Labute approximate surface area is 110 Å². The number of hydrogen-bond donors (Lipinski definition) is 4. The fraction of sp³-hybridized carbons (Fsp3) is 0.750. The largest absolute Gasteiger partial charge is 0.394 e. The fourth-order valence-corrected chi connectivity index (χ4v) is 2.24. The smallest absolute Gasteiger partial charge is 0.189 e. The third-order valence-corrected chi connectivity index (χ3v) is 3.43. The van der Waals surface area contributed by atoms with E-state index in [1.807, 2.05) is 6.07 Å². The molecule has 1 aliphatic heterocycles. The van der Waals surface area contributed by atoms with E-state index in [1.165, 1.54) is 0 Å². The molecule has 0 saturated carbocycles. The Kier molecular flexibility index (Phi) is 4.20. The van der Waals surface area contributed by atoms with Gasteiger partial charge in [0.2, 0.25) is 0 Å². The zero-order valence-electron chi connectivity index (χ0n) is 10.2.